The zero-order chi connectivity index (χ0) is 8.39. The highest BCUT2D eigenvalue weighted by atomic mass is 16.1. The first-order chi connectivity index (χ1) is 5.86. The van der Waals surface area contributed by atoms with Gasteiger partial charge in [-0.3, -0.25) is 0 Å². The number of aromatic nitrogens is 3. The van der Waals surface area contributed by atoms with Gasteiger partial charge in [-0.1, -0.05) is 6.42 Å². The van der Waals surface area contributed by atoms with Crippen molar-refractivity contribution >= 4 is 0 Å². The van der Waals surface area contributed by atoms with Crippen LogP contribution in [0, 0.1) is 0 Å². The van der Waals surface area contributed by atoms with Gasteiger partial charge in [0.15, 0.2) is 0 Å². The Labute approximate surface area is 70.3 Å². The molecule has 0 saturated heterocycles. The molecule has 0 bridgehead atoms. The zero-order valence-electron chi connectivity index (χ0n) is 6.86. The van der Waals surface area contributed by atoms with E-state index in [0.717, 1.165) is 25.2 Å². The third-order valence-electron chi connectivity index (χ3n) is 2.16. The average Bonchev–Trinajstić information content (AvgIpc) is 2.28. The third kappa shape index (κ3) is 1.37. The lowest BCUT2D eigenvalue weighted by molar-refractivity contribution is 0.608. The second kappa shape index (κ2) is 3.05. The molecule has 0 N–H and O–H groups in total. The molecule has 0 atom stereocenters. The zero-order valence-corrected chi connectivity index (χ0v) is 6.86. The van der Waals surface area contributed by atoms with Gasteiger partial charge in [0, 0.05) is 13.0 Å². The average molecular weight is 165 g/mol. The molecule has 1 aromatic heterocycles. The standard InChI is InChI=1S/C8H11N3O/c12-8-9-6-11-5-3-1-2-4-7(11)10-8/h6H,1-5H2. The predicted molar refractivity (Wildman–Crippen MR) is 43.8 cm³/mol. The molecule has 1 aliphatic heterocycles. The van der Waals surface area contributed by atoms with Crippen LogP contribution in [0.25, 0.3) is 0 Å². The van der Waals surface area contributed by atoms with Crippen LogP contribution in [-0.2, 0) is 13.0 Å². The Hall–Kier alpha value is -1.19. The Morgan fingerprint density at radius 1 is 1.33 bits per heavy atom. The number of fused-ring (bicyclic) bond motifs is 1. The maximum absolute atomic E-state index is 10.8. The summed E-state index contributed by atoms with van der Waals surface area (Å²) in [5.41, 5.74) is -0.358. The molecule has 0 amide bonds. The number of hydrogen-bond donors (Lipinski definition) is 0. The second-order valence-electron chi connectivity index (χ2n) is 3.06. The van der Waals surface area contributed by atoms with E-state index in [9.17, 15) is 4.79 Å². The molecule has 1 aromatic rings. The first kappa shape index (κ1) is 7.46. The van der Waals surface area contributed by atoms with Crippen LogP contribution in [0.4, 0.5) is 0 Å². The van der Waals surface area contributed by atoms with Crippen LogP contribution in [0.15, 0.2) is 11.1 Å². The van der Waals surface area contributed by atoms with E-state index in [0.29, 0.717) is 0 Å². The van der Waals surface area contributed by atoms with Crippen LogP contribution < -0.4 is 5.69 Å². The van der Waals surface area contributed by atoms with Gasteiger partial charge in [-0.25, -0.2) is 4.79 Å². The molecule has 0 fully saturated rings. The van der Waals surface area contributed by atoms with Gasteiger partial charge in [-0.05, 0) is 12.8 Å². The summed E-state index contributed by atoms with van der Waals surface area (Å²) in [4.78, 5) is 18.3. The van der Waals surface area contributed by atoms with Crippen LogP contribution in [0.1, 0.15) is 25.1 Å². The predicted octanol–water partition coefficient (Wildman–Crippen LogP) is 0.365. The largest absolute Gasteiger partial charge is 0.370 e. The first-order valence-electron chi connectivity index (χ1n) is 4.28. The summed E-state index contributed by atoms with van der Waals surface area (Å²) in [6.45, 7) is 0.954. The number of rotatable bonds is 0. The summed E-state index contributed by atoms with van der Waals surface area (Å²) < 4.78 is 1.98. The highest BCUT2D eigenvalue weighted by molar-refractivity contribution is 4.88. The monoisotopic (exact) mass is 165 g/mol. The van der Waals surface area contributed by atoms with E-state index in [2.05, 4.69) is 9.97 Å². The van der Waals surface area contributed by atoms with Crippen molar-refractivity contribution in [2.75, 3.05) is 0 Å². The number of hydrogen-bond acceptors (Lipinski definition) is 3. The normalized spacial score (nSPS) is 16.7. The molecule has 64 valence electrons. The van der Waals surface area contributed by atoms with Gasteiger partial charge in [-0.15, -0.1) is 0 Å². The summed E-state index contributed by atoms with van der Waals surface area (Å²) in [7, 11) is 0. The van der Waals surface area contributed by atoms with Gasteiger partial charge >= 0.3 is 5.69 Å². The van der Waals surface area contributed by atoms with Crippen molar-refractivity contribution < 1.29 is 0 Å². The van der Waals surface area contributed by atoms with Crippen molar-refractivity contribution in [3.05, 3.63) is 22.6 Å². The topological polar surface area (TPSA) is 47.8 Å². The Morgan fingerprint density at radius 3 is 3.17 bits per heavy atom. The van der Waals surface area contributed by atoms with Crippen molar-refractivity contribution in [1.82, 2.24) is 14.5 Å². The maximum atomic E-state index is 10.8. The van der Waals surface area contributed by atoms with Crippen LogP contribution in [0.3, 0.4) is 0 Å². The van der Waals surface area contributed by atoms with Gasteiger partial charge in [0.25, 0.3) is 0 Å². The fraction of sp³-hybridized carbons (Fsp3) is 0.625. The minimum absolute atomic E-state index is 0.358. The van der Waals surface area contributed by atoms with Crippen molar-refractivity contribution in [1.29, 1.82) is 0 Å². The number of aryl methyl sites for hydroxylation is 2. The maximum Gasteiger partial charge on any atom is 0.370 e. The van der Waals surface area contributed by atoms with E-state index in [-0.39, 0.29) is 5.69 Å². The molecule has 0 spiro atoms. The second-order valence-corrected chi connectivity index (χ2v) is 3.06. The fourth-order valence-electron chi connectivity index (χ4n) is 1.52. The minimum Gasteiger partial charge on any atom is -0.320 e. The van der Waals surface area contributed by atoms with Crippen LogP contribution >= 0.6 is 0 Å². The Morgan fingerprint density at radius 2 is 2.25 bits per heavy atom. The minimum atomic E-state index is -0.358. The lowest BCUT2D eigenvalue weighted by Crippen LogP contribution is -2.19. The third-order valence-corrected chi connectivity index (χ3v) is 2.16. The molecule has 0 saturated carbocycles. The lowest BCUT2D eigenvalue weighted by Gasteiger charge is -2.04. The van der Waals surface area contributed by atoms with E-state index >= 15 is 0 Å². The fourth-order valence-corrected chi connectivity index (χ4v) is 1.52. The molecule has 4 nitrogen and oxygen atoms in total. The molecule has 0 unspecified atom stereocenters. The lowest BCUT2D eigenvalue weighted by atomic mass is 10.2. The summed E-state index contributed by atoms with van der Waals surface area (Å²) in [6, 6.07) is 0. The summed E-state index contributed by atoms with van der Waals surface area (Å²) >= 11 is 0. The highest BCUT2D eigenvalue weighted by Gasteiger charge is 2.07. The van der Waals surface area contributed by atoms with Crippen LogP contribution in [-0.4, -0.2) is 14.5 Å². The first-order valence-corrected chi connectivity index (χ1v) is 4.28. The molecular weight excluding hydrogens is 154 g/mol. The molecule has 2 heterocycles. The van der Waals surface area contributed by atoms with Crippen molar-refractivity contribution in [2.24, 2.45) is 0 Å². The SMILES string of the molecule is O=c1ncn2c(n1)CCCCC2. The number of nitrogens with zero attached hydrogens (tertiary/aromatic N) is 3. The molecule has 0 aliphatic carbocycles. The van der Waals surface area contributed by atoms with Crippen molar-refractivity contribution in [3.8, 4) is 0 Å². The quantitative estimate of drug-likeness (QED) is 0.557. The Bertz CT molecular complexity index is 331. The molecule has 4 heteroatoms. The molecule has 12 heavy (non-hydrogen) atoms. The molecule has 2 rings (SSSR count). The van der Waals surface area contributed by atoms with Crippen LogP contribution in [0.2, 0.25) is 0 Å². The van der Waals surface area contributed by atoms with Gasteiger partial charge in [0.1, 0.15) is 12.2 Å². The van der Waals surface area contributed by atoms with Gasteiger partial charge in [-0.2, -0.15) is 9.97 Å². The van der Waals surface area contributed by atoms with E-state index in [1.165, 1.54) is 12.8 Å². The molecule has 0 aromatic carbocycles. The Balaban J connectivity index is 2.43. The van der Waals surface area contributed by atoms with Gasteiger partial charge in [0.2, 0.25) is 0 Å². The van der Waals surface area contributed by atoms with E-state index in [4.69, 9.17) is 0 Å². The molecule has 1 aliphatic rings. The smallest absolute Gasteiger partial charge is 0.320 e. The molecule has 0 radical (unpaired) electrons. The summed E-state index contributed by atoms with van der Waals surface area (Å²) in [5, 5.41) is 0. The summed E-state index contributed by atoms with van der Waals surface area (Å²) in [5.74, 6) is 0.896. The van der Waals surface area contributed by atoms with Gasteiger partial charge in [0.05, 0.1) is 0 Å². The van der Waals surface area contributed by atoms with Crippen molar-refractivity contribution in [2.45, 2.75) is 32.2 Å². The Kier molecular flexibility index (Phi) is 1.89. The van der Waals surface area contributed by atoms with E-state index < -0.39 is 0 Å². The van der Waals surface area contributed by atoms with E-state index in [1.54, 1.807) is 6.33 Å². The highest BCUT2D eigenvalue weighted by Crippen LogP contribution is 2.09. The van der Waals surface area contributed by atoms with E-state index in [1.807, 2.05) is 4.57 Å². The summed E-state index contributed by atoms with van der Waals surface area (Å²) in [6.07, 6.45) is 6.04. The van der Waals surface area contributed by atoms with Crippen LogP contribution in [0.5, 0.6) is 0 Å². The molecular formula is C8H11N3O. The van der Waals surface area contributed by atoms with Gasteiger partial charge < -0.3 is 4.57 Å². The van der Waals surface area contributed by atoms with Crippen molar-refractivity contribution in [3.63, 3.8) is 0 Å².